The van der Waals surface area contributed by atoms with Gasteiger partial charge in [0.05, 0.1) is 0 Å². The lowest BCUT2D eigenvalue weighted by atomic mass is 9.94. The van der Waals surface area contributed by atoms with Crippen molar-refractivity contribution in [3.05, 3.63) is 72.3 Å². The topological polar surface area (TPSA) is 43.7 Å². The average Bonchev–Trinajstić information content (AvgIpc) is 2.67. The molecule has 0 fully saturated rings. The van der Waals surface area contributed by atoms with Crippen LogP contribution in [0.4, 0.5) is 0 Å². The summed E-state index contributed by atoms with van der Waals surface area (Å²) in [5.41, 5.74) is 4.35. The molecular weight excluding hydrogens is 346 g/mol. The number of benzene rings is 2. The van der Waals surface area contributed by atoms with Gasteiger partial charge in [-0.25, -0.2) is 0 Å². The Morgan fingerprint density at radius 2 is 1.46 bits per heavy atom. The van der Waals surface area contributed by atoms with Crippen LogP contribution in [0.3, 0.4) is 0 Å². The number of nitrogens with zero attached hydrogens (tertiary/aromatic N) is 1. The third-order valence-corrected chi connectivity index (χ3v) is 4.83. The zero-order chi connectivity index (χ0) is 20.5. The van der Waals surface area contributed by atoms with Crippen molar-refractivity contribution in [1.82, 2.24) is 4.90 Å². The second kappa shape index (κ2) is 10.7. The van der Waals surface area contributed by atoms with Crippen molar-refractivity contribution in [1.29, 1.82) is 0 Å². The lowest BCUT2D eigenvalue weighted by molar-refractivity contribution is 0.263. The Morgan fingerprint density at radius 1 is 0.857 bits per heavy atom. The van der Waals surface area contributed by atoms with Crippen molar-refractivity contribution < 1.29 is 10.2 Å². The number of allylic oxidation sites excluding steroid dienone is 2. The molecule has 0 saturated carbocycles. The van der Waals surface area contributed by atoms with Crippen molar-refractivity contribution in [3.8, 4) is 22.6 Å². The summed E-state index contributed by atoms with van der Waals surface area (Å²) < 4.78 is 0. The molecule has 2 aromatic carbocycles. The number of hydrogen-bond acceptors (Lipinski definition) is 3. The molecule has 2 rings (SSSR count). The summed E-state index contributed by atoms with van der Waals surface area (Å²) in [5, 5.41) is 21.6. The highest BCUT2D eigenvalue weighted by Gasteiger charge is 2.17. The van der Waals surface area contributed by atoms with E-state index in [-0.39, 0.29) is 11.5 Å². The minimum absolute atomic E-state index is 0.170. The molecule has 3 nitrogen and oxygen atoms in total. The highest BCUT2D eigenvalue weighted by atomic mass is 16.3. The van der Waals surface area contributed by atoms with E-state index in [4.69, 9.17) is 0 Å². The van der Waals surface area contributed by atoms with Gasteiger partial charge in [-0.2, -0.15) is 0 Å². The van der Waals surface area contributed by atoms with Gasteiger partial charge in [-0.3, -0.25) is 4.90 Å². The molecule has 0 bridgehead atoms. The Morgan fingerprint density at radius 3 is 2.07 bits per heavy atom. The summed E-state index contributed by atoms with van der Waals surface area (Å²) in [6, 6.07) is 9.52. The Hall–Kier alpha value is -2.52. The number of phenolic OH excluding ortho intramolecular Hbond substituents is 2. The molecule has 3 heteroatoms. The first-order chi connectivity index (χ1) is 13.5. The van der Waals surface area contributed by atoms with Gasteiger partial charge in [0, 0.05) is 23.2 Å². The largest absolute Gasteiger partial charge is 0.507 e. The smallest absolute Gasteiger partial charge is 0.128 e. The average molecular weight is 380 g/mol. The van der Waals surface area contributed by atoms with E-state index >= 15 is 0 Å². The van der Waals surface area contributed by atoms with Crippen LogP contribution in [-0.2, 0) is 19.4 Å². The van der Waals surface area contributed by atoms with Gasteiger partial charge in [0.2, 0.25) is 0 Å². The van der Waals surface area contributed by atoms with Crippen LogP contribution >= 0.6 is 0 Å². The van der Waals surface area contributed by atoms with Crippen LogP contribution in [0.1, 0.15) is 43.4 Å². The molecule has 0 aliphatic carbocycles. The molecule has 0 radical (unpaired) electrons. The Bertz CT molecular complexity index is 804. The molecule has 0 aliphatic heterocycles. The van der Waals surface area contributed by atoms with Crippen molar-refractivity contribution in [2.45, 2.75) is 46.1 Å². The maximum absolute atomic E-state index is 11.1. The first-order valence-electron chi connectivity index (χ1n) is 10.1. The molecule has 0 aliphatic rings. The quantitative estimate of drug-likeness (QED) is 0.482. The molecule has 0 saturated heterocycles. The van der Waals surface area contributed by atoms with Crippen LogP contribution in [0.15, 0.2) is 55.6 Å². The Balaban J connectivity index is 2.55. The van der Waals surface area contributed by atoms with Crippen LogP contribution < -0.4 is 0 Å². The molecule has 2 aromatic rings. The number of rotatable bonds is 11. The number of aromatic hydroxyl groups is 2. The Kier molecular flexibility index (Phi) is 8.34. The normalized spacial score (nSPS) is 11.0. The monoisotopic (exact) mass is 379 g/mol. The van der Waals surface area contributed by atoms with Gasteiger partial charge < -0.3 is 10.2 Å². The van der Waals surface area contributed by atoms with Crippen LogP contribution in [0.25, 0.3) is 11.1 Å². The van der Waals surface area contributed by atoms with E-state index in [9.17, 15) is 10.2 Å². The summed E-state index contributed by atoms with van der Waals surface area (Å²) >= 11 is 0. The van der Waals surface area contributed by atoms with Gasteiger partial charge >= 0.3 is 0 Å². The van der Waals surface area contributed by atoms with E-state index in [1.54, 1.807) is 6.07 Å². The standard InChI is InChI=1S/C25H33NO2/c1-5-9-19-11-12-24(27)22(16-19)23-17-20(10-6-2)15-21(25(23)28)18-26(13-7-3)14-8-4/h5-6,11-12,15-17,27-28H,1-2,7-10,13-14,18H2,3-4H3. The maximum Gasteiger partial charge on any atom is 0.128 e. The molecule has 0 spiro atoms. The van der Waals surface area contributed by atoms with Crippen LogP contribution in [0.2, 0.25) is 0 Å². The third-order valence-electron chi connectivity index (χ3n) is 4.83. The lowest BCUT2D eigenvalue weighted by Crippen LogP contribution is -2.25. The number of phenols is 2. The fourth-order valence-electron chi connectivity index (χ4n) is 3.61. The van der Waals surface area contributed by atoms with E-state index in [0.29, 0.717) is 24.1 Å². The molecule has 0 heterocycles. The summed E-state index contributed by atoms with van der Waals surface area (Å²) in [4.78, 5) is 2.37. The zero-order valence-corrected chi connectivity index (χ0v) is 17.2. The summed E-state index contributed by atoms with van der Waals surface area (Å²) in [7, 11) is 0. The van der Waals surface area contributed by atoms with E-state index in [0.717, 1.165) is 49.0 Å². The van der Waals surface area contributed by atoms with Gasteiger partial charge in [-0.1, -0.05) is 38.1 Å². The fraction of sp³-hybridized carbons (Fsp3) is 0.360. The van der Waals surface area contributed by atoms with Gasteiger partial charge in [0.1, 0.15) is 11.5 Å². The van der Waals surface area contributed by atoms with Crippen LogP contribution in [0.5, 0.6) is 11.5 Å². The highest BCUT2D eigenvalue weighted by Crippen LogP contribution is 2.39. The third kappa shape index (κ3) is 5.49. The highest BCUT2D eigenvalue weighted by molar-refractivity contribution is 5.78. The van der Waals surface area contributed by atoms with Gasteiger partial charge in [-0.15, -0.1) is 13.2 Å². The van der Waals surface area contributed by atoms with Crippen molar-refractivity contribution in [3.63, 3.8) is 0 Å². The summed E-state index contributed by atoms with van der Waals surface area (Å²) in [6.07, 6.45) is 7.28. The van der Waals surface area contributed by atoms with Gasteiger partial charge in [0.15, 0.2) is 0 Å². The van der Waals surface area contributed by atoms with Gasteiger partial charge in [-0.05, 0) is 68.1 Å². The Labute approximate surface area is 169 Å². The van der Waals surface area contributed by atoms with E-state index in [1.807, 2.05) is 30.4 Å². The molecule has 0 unspecified atom stereocenters. The molecule has 150 valence electrons. The van der Waals surface area contributed by atoms with Crippen molar-refractivity contribution in [2.24, 2.45) is 0 Å². The predicted octanol–water partition coefficient (Wildman–Crippen LogP) is 5.84. The van der Waals surface area contributed by atoms with Crippen LogP contribution in [0, 0.1) is 0 Å². The first kappa shape index (κ1) is 21.8. The molecule has 0 amide bonds. The maximum atomic E-state index is 11.1. The molecule has 0 atom stereocenters. The number of hydrogen-bond donors (Lipinski definition) is 2. The second-order valence-corrected chi connectivity index (χ2v) is 7.26. The molecule has 0 aromatic heterocycles. The zero-order valence-electron chi connectivity index (χ0n) is 17.2. The van der Waals surface area contributed by atoms with Gasteiger partial charge in [0.25, 0.3) is 0 Å². The van der Waals surface area contributed by atoms with Crippen molar-refractivity contribution >= 4 is 0 Å². The summed E-state index contributed by atoms with van der Waals surface area (Å²) in [5.74, 6) is 0.417. The van der Waals surface area contributed by atoms with Crippen molar-refractivity contribution in [2.75, 3.05) is 13.1 Å². The van der Waals surface area contributed by atoms with Crippen LogP contribution in [-0.4, -0.2) is 28.2 Å². The van der Waals surface area contributed by atoms with E-state index in [1.165, 1.54) is 0 Å². The lowest BCUT2D eigenvalue weighted by Gasteiger charge is -2.23. The SMILES string of the molecule is C=CCc1ccc(O)c(-c2cc(CC=C)cc(CN(CCC)CCC)c2O)c1. The predicted molar refractivity (Wildman–Crippen MR) is 119 cm³/mol. The first-order valence-corrected chi connectivity index (χ1v) is 10.1. The second-order valence-electron chi connectivity index (χ2n) is 7.26. The van der Waals surface area contributed by atoms with E-state index in [2.05, 4.69) is 38.0 Å². The van der Waals surface area contributed by atoms with E-state index < -0.39 is 0 Å². The minimum Gasteiger partial charge on any atom is -0.507 e. The summed E-state index contributed by atoms with van der Waals surface area (Å²) in [6.45, 7) is 14.7. The molecule has 2 N–H and O–H groups in total. The molecule has 28 heavy (non-hydrogen) atoms. The molecular formula is C25H33NO2. The fourth-order valence-corrected chi connectivity index (χ4v) is 3.61. The minimum atomic E-state index is 0.170.